The van der Waals surface area contributed by atoms with E-state index in [9.17, 15) is 14.7 Å². The van der Waals surface area contributed by atoms with Crippen molar-refractivity contribution in [2.75, 3.05) is 5.32 Å². The number of rotatable bonds is 4. The summed E-state index contributed by atoms with van der Waals surface area (Å²) in [6.45, 7) is 0. The van der Waals surface area contributed by atoms with Gasteiger partial charge in [0.25, 0.3) is 5.56 Å². The Hall–Kier alpha value is -3.61. The highest BCUT2D eigenvalue weighted by molar-refractivity contribution is 5.89. The number of nitrogens with one attached hydrogen (secondary N) is 2. The molecule has 24 heavy (non-hydrogen) atoms. The summed E-state index contributed by atoms with van der Waals surface area (Å²) in [5, 5.41) is 21.8. The Morgan fingerprint density at radius 2 is 1.71 bits per heavy atom. The molecule has 0 bridgehead atoms. The average molecular weight is 323 g/mol. The van der Waals surface area contributed by atoms with E-state index in [2.05, 4.69) is 15.3 Å². The first-order chi connectivity index (χ1) is 11.6. The number of H-pyrrole nitrogens is 1. The van der Waals surface area contributed by atoms with Crippen LogP contribution in [0.25, 0.3) is 11.4 Å². The molecule has 0 aliphatic heterocycles. The molecule has 7 nitrogen and oxygen atoms in total. The second kappa shape index (κ2) is 6.25. The van der Waals surface area contributed by atoms with Crippen LogP contribution in [0.2, 0.25) is 0 Å². The van der Waals surface area contributed by atoms with Gasteiger partial charge in [-0.05, 0) is 24.3 Å². The number of hydrogen-bond acceptors (Lipinski definition) is 5. The SMILES string of the molecule is O=C(O)c1nc(-c2ccccc2Nc2ccccc2)[nH]c(=O)c1O. The Bertz CT molecular complexity index is 952. The van der Waals surface area contributed by atoms with Crippen molar-refractivity contribution in [2.24, 2.45) is 0 Å². The Balaban J connectivity index is 2.11. The van der Waals surface area contributed by atoms with E-state index in [0.29, 0.717) is 11.3 Å². The van der Waals surface area contributed by atoms with Crippen LogP contribution in [0.4, 0.5) is 11.4 Å². The van der Waals surface area contributed by atoms with Gasteiger partial charge in [0.05, 0.1) is 0 Å². The average Bonchev–Trinajstić information content (AvgIpc) is 2.58. The summed E-state index contributed by atoms with van der Waals surface area (Å²) < 4.78 is 0. The number of aromatic carboxylic acids is 1. The van der Waals surface area contributed by atoms with Crippen molar-refractivity contribution in [1.29, 1.82) is 0 Å². The summed E-state index contributed by atoms with van der Waals surface area (Å²) in [6.07, 6.45) is 0. The minimum atomic E-state index is -1.48. The summed E-state index contributed by atoms with van der Waals surface area (Å²) in [5.74, 6) is -2.35. The molecule has 3 aromatic rings. The molecule has 0 aliphatic rings. The quantitative estimate of drug-likeness (QED) is 0.586. The minimum absolute atomic E-state index is 0.0502. The van der Waals surface area contributed by atoms with E-state index in [4.69, 9.17) is 5.11 Å². The van der Waals surface area contributed by atoms with Crippen LogP contribution in [-0.2, 0) is 0 Å². The van der Waals surface area contributed by atoms with E-state index < -0.39 is 23.0 Å². The maximum Gasteiger partial charge on any atom is 0.358 e. The minimum Gasteiger partial charge on any atom is -0.501 e. The van der Waals surface area contributed by atoms with Crippen molar-refractivity contribution in [1.82, 2.24) is 9.97 Å². The predicted molar refractivity (Wildman–Crippen MR) is 88.6 cm³/mol. The van der Waals surface area contributed by atoms with E-state index in [1.807, 2.05) is 30.3 Å². The van der Waals surface area contributed by atoms with E-state index in [0.717, 1.165) is 5.69 Å². The molecule has 4 N–H and O–H groups in total. The zero-order chi connectivity index (χ0) is 17.1. The van der Waals surface area contributed by atoms with Gasteiger partial charge in [-0.2, -0.15) is 0 Å². The maximum atomic E-state index is 11.8. The van der Waals surface area contributed by atoms with Crippen LogP contribution in [0.3, 0.4) is 0 Å². The molecule has 0 aliphatic carbocycles. The number of hydrogen-bond donors (Lipinski definition) is 4. The summed E-state index contributed by atoms with van der Waals surface area (Å²) in [4.78, 5) is 29.2. The molecule has 0 unspecified atom stereocenters. The smallest absolute Gasteiger partial charge is 0.358 e. The summed E-state index contributed by atoms with van der Waals surface area (Å²) in [7, 11) is 0. The third-order valence-electron chi connectivity index (χ3n) is 3.33. The van der Waals surface area contributed by atoms with Gasteiger partial charge in [0.15, 0.2) is 5.69 Å². The number of anilines is 2. The molecule has 1 aromatic heterocycles. The number of carboxylic acid groups (broad SMARTS) is 1. The zero-order valence-electron chi connectivity index (χ0n) is 12.4. The largest absolute Gasteiger partial charge is 0.501 e. The van der Waals surface area contributed by atoms with E-state index in [-0.39, 0.29) is 5.82 Å². The third-order valence-corrected chi connectivity index (χ3v) is 3.33. The number of nitrogens with zero attached hydrogens (tertiary/aromatic N) is 1. The Morgan fingerprint density at radius 1 is 1.04 bits per heavy atom. The molecule has 0 saturated carbocycles. The van der Waals surface area contributed by atoms with Crippen LogP contribution >= 0.6 is 0 Å². The second-order valence-electron chi connectivity index (χ2n) is 4.95. The molecule has 0 radical (unpaired) electrons. The monoisotopic (exact) mass is 323 g/mol. The molecule has 3 rings (SSSR count). The molecule has 1 heterocycles. The number of carboxylic acids is 1. The molecule has 120 valence electrons. The molecule has 2 aromatic carbocycles. The number of aromatic amines is 1. The van der Waals surface area contributed by atoms with Crippen LogP contribution in [0.5, 0.6) is 5.75 Å². The lowest BCUT2D eigenvalue weighted by Gasteiger charge is -2.12. The fraction of sp³-hybridized carbons (Fsp3) is 0. The zero-order valence-corrected chi connectivity index (χ0v) is 12.4. The first-order valence-electron chi connectivity index (χ1n) is 7.04. The number of benzene rings is 2. The first-order valence-corrected chi connectivity index (χ1v) is 7.04. The predicted octanol–water partition coefficient (Wildman–Crippen LogP) is 2.58. The van der Waals surface area contributed by atoms with Gasteiger partial charge in [-0.1, -0.05) is 30.3 Å². The number of carbonyl (C=O) groups is 1. The van der Waals surface area contributed by atoms with Crippen LogP contribution in [0, 0.1) is 0 Å². The van der Waals surface area contributed by atoms with E-state index >= 15 is 0 Å². The van der Waals surface area contributed by atoms with Crippen LogP contribution < -0.4 is 10.9 Å². The molecule has 0 saturated heterocycles. The molecule has 0 fully saturated rings. The Morgan fingerprint density at radius 3 is 2.42 bits per heavy atom. The van der Waals surface area contributed by atoms with Crippen molar-refractivity contribution < 1.29 is 15.0 Å². The van der Waals surface area contributed by atoms with Gasteiger partial charge in [-0.25, -0.2) is 9.78 Å². The van der Waals surface area contributed by atoms with Crippen molar-refractivity contribution >= 4 is 17.3 Å². The molecule has 0 amide bonds. The van der Waals surface area contributed by atoms with E-state index in [1.54, 1.807) is 24.3 Å². The standard InChI is InChI=1S/C17H13N3O4/c21-14-13(17(23)24)19-15(20-16(14)22)11-8-4-5-9-12(11)18-10-6-2-1-3-7-10/h1-9,18,21H,(H,23,24)(H,19,20,22). The van der Waals surface area contributed by atoms with Crippen molar-refractivity contribution in [3.8, 4) is 17.1 Å². The second-order valence-corrected chi connectivity index (χ2v) is 4.95. The number of aromatic hydroxyl groups is 1. The molecular formula is C17H13N3O4. The maximum absolute atomic E-state index is 11.8. The van der Waals surface area contributed by atoms with Gasteiger partial charge in [0.2, 0.25) is 5.75 Å². The number of para-hydroxylation sites is 2. The molecule has 0 spiro atoms. The lowest BCUT2D eigenvalue weighted by molar-refractivity contribution is 0.0686. The highest BCUT2D eigenvalue weighted by atomic mass is 16.4. The molecular weight excluding hydrogens is 310 g/mol. The summed E-state index contributed by atoms with van der Waals surface area (Å²) >= 11 is 0. The Labute approximate surface area is 136 Å². The van der Waals surface area contributed by atoms with Crippen LogP contribution in [0.15, 0.2) is 59.4 Å². The lowest BCUT2D eigenvalue weighted by Crippen LogP contribution is -2.15. The fourth-order valence-corrected chi connectivity index (χ4v) is 2.22. The van der Waals surface area contributed by atoms with Gasteiger partial charge >= 0.3 is 5.97 Å². The van der Waals surface area contributed by atoms with Gasteiger partial charge in [-0.3, -0.25) is 4.79 Å². The fourth-order valence-electron chi connectivity index (χ4n) is 2.22. The van der Waals surface area contributed by atoms with E-state index in [1.165, 1.54) is 0 Å². The molecule has 0 atom stereocenters. The topological polar surface area (TPSA) is 115 Å². The van der Waals surface area contributed by atoms with Crippen molar-refractivity contribution in [3.05, 3.63) is 70.6 Å². The van der Waals surface area contributed by atoms with Gasteiger partial charge in [0.1, 0.15) is 5.82 Å². The molecule has 7 heteroatoms. The highest BCUT2D eigenvalue weighted by Crippen LogP contribution is 2.28. The van der Waals surface area contributed by atoms with Crippen LogP contribution in [-0.4, -0.2) is 26.2 Å². The normalized spacial score (nSPS) is 10.3. The summed E-state index contributed by atoms with van der Waals surface area (Å²) in [5.41, 5.74) is 0.356. The summed E-state index contributed by atoms with van der Waals surface area (Å²) in [6, 6.07) is 16.3. The van der Waals surface area contributed by atoms with Gasteiger partial charge in [-0.15, -0.1) is 0 Å². The van der Waals surface area contributed by atoms with Crippen molar-refractivity contribution in [2.45, 2.75) is 0 Å². The first kappa shape index (κ1) is 15.3. The van der Waals surface area contributed by atoms with Gasteiger partial charge < -0.3 is 20.5 Å². The highest BCUT2D eigenvalue weighted by Gasteiger charge is 2.18. The lowest BCUT2D eigenvalue weighted by atomic mass is 10.1. The third kappa shape index (κ3) is 2.95. The Kier molecular flexibility index (Phi) is 3.98. The number of aromatic nitrogens is 2. The van der Waals surface area contributed by atoms with Gasteiger partial charge in [0, 0.05) is 16.9 Å². The van der Waals surface area contributed by atoms with Crippen LogP contribution in [0.1, 0.15) is 10.5 Å². The van der Waals surface area contributed by atoms with Crippen molar-refractivity contribution in [3.63, 3.8) is 0 Å².